The number of hydrogen-bond donors (Lipinski definition) is 0. The molecule has 140 valence electrons. The lowest BCUT2D eigenvalue weighted by Crippen LogP contribution is -1.97. The molecule has 0 aliphatic carbocycles. The molecule has 0 fully saturated rings. The van der Waals surface area contributed by atoms with Gasteiger partial charge >= 0.3 is 0 Å². The third-order valence-corrected chi connectivity index (χ3v) is 5.15. The quantitative estimate of drug-likeness (QED) is 0.394. The summed E-state index contributed by atoms with van der Waals surface area (Å²) in [5, 5.41) is 2.39. The van der Waals surface area contributed by atoms with Gasteiger partial charge in [-0.2, -0.15) is 0 Å². The van der Waals surface area contributed by atoms with E-state index in [2.05, 4.69) is 78.9 Å². The highest BCUT2D eigenvalue weighted by molar-refractivity contribution is 5.89. The van der Waals surface area contributed by atoms with E-state index in [9.17, 15) is 0 Å². The number of rotatable bonds is 6. The molecule has 4 rings (SSSR count). The molecule has 0 radical (unpaired) electrons. The van der Waals surface area contributed by atoms with Crippen molar-refractivity contribution in [3.05, 3.63) is 90.5 Å². The van der Waals surface area contributed by atoms with Gasteiger partial charge in [-0.05, 0) is 69.3 Å². The Labute approximate surface area is 166 Å². The van der Waals surface area contributed by atoms with Crippen LogP contribution in [-0.4, -0.2) is 20.8 Å². The van der Waals surface area contributed by atoms with Gasteiger partial charge in [0.15, 0.2) is 0 Å². The number of benzene rings is 4. The molecule has 0 saturated heterocycles. The summed E-state index contributed by atoms with van der Waals surface area (Å²) in [6, 6.07) is 30.1. The van der Waals surface area contributed by atoms with E-state index in [1.54, 1.807) is 14.2 Å². The molecule has 0 aliphatic rings. The van der Waals surface area contributed by atoms with Crippen molar-refractivity contribution in [1.29, 1.82) is 0 Å². The van der Waals surface area contributed by atoms with Gasteiger partial charge in [-0.15, -0.1) is 0 Å². The van der Waals surface area contributed by atoms with Crippen molar-refractivity contribution in [2.75, 3.05) is 20.8 Å². The summed E-state index contributed by atoms with van der Waals surface area (Å²) < 4.78 is 10.6. The number of methoxy groups -OCH3 is 2. The van der Waals surface area contributed by atoms with Crippen LogP contribution in [0.2, 0.25) is 0 Å². The van der Waals surface area contributed by atoms with Crippen LogP contribution < -0.4 is 4.74 Å². The van der Waals surface area contributed by atoms with E-state index < -0.39 is 0 Å². The summed E-state index contributed by atoms with van der Waals surface area (Å²) in [7, 11) is 3.45. The third kappa shape index (κ3) is 3.78. The van der Waals surface area contributed by atoms with Crippen LogP contribution in [0.4, 0.5) is 0 Å². The maximum atomic E-state index is 5.34. The molecule has 0 aromatic heterocycles. The van der Waals surface area contributed by atoms with Crippen LogP contribution in [0.15, 0.2) is 84.9 Å². The van der Waals surface area contributed by atoms with E-state index in [0.717, 1.165) is 18.8 Å². The standard InChI is InChI=1S/C26H24O2/c1-27-15-14-20-8-9-24(18-26(20)19-6-4-3-5-7-19)21-10-11-23-17-25(28-2)13-12-22(23)16-21/h3-13,16-18H,14-15H2,1-2H3. The van der Waals surface area contributed by atoms with Crippen LogP contribution >= 0.6 is 0 Å². The van der Waals surface area contributed by atoms with Gasteiger partial charge in [0, 0.05) is 7.11 Å². The Morgan fingerprint density at radius 3 is 2.14 bits per heavy atom. The number of fused-ring (bicyclic) bond motifs is 1. The maximum absolute atomic E-state index is 5.34. The van der Waals surface area contributed by atoms with Crippen molar-refractivity contribution >= 4 is 10.8 Å². The summed E-state index contributed by atoms with van der Waals surface area (Å²) in [6.07, 6.45) is 0.901. The zero-order valence-electron chi connectivity index (χ0n) is 16.3. The second-order valence-electron chi connectivity index (χ2n) is 6.91. The first-order valence-corrected chi connectivity index (χ1v) is 9.54. The number of ether oxygens (including phenoxy) is 2. The smallest absolute Gasteiger partial charge is 0.119 e. The van der Waals surface area contributed by atoms with Crippen molar-refractivity contribution in [2.24, 2.45) is 0 Å². The number of hydrogen-bond acceptors (Lipinski definition) is 2. The zero-order valence-corrected chi connectivity index (χ0v) is 16.3. The largest absolute Gasteiger partial charge is 0.497 e. The molecule has 4 aromatic rings. The topological polar surface area (TPSA) is 18.5 Å². The predicted molar refractivity (Wildman–Crippen MR) is 117 cm³/mol. The van der Waals surface area contributed by atoms with E-state index in [-0.39, 0.29) is 0 Å². The van der Waals surface area contributed by atoms with E-state index in [1.807, 2.05) is 6.07 Å². The zero-order chi connectivity index (χ0) is 19.3. The lowest BCUT2D eigenvalue weighted by Gasteiger charge is -2.13. The monoisotopic (exact) mass is 368 g/mol. The fraction of sp³-hybridized carbons (Fsp3) is 0.154. The molecular formula is C26H24O2. The fourth-order valence-electron chi connectivity index (χ4n) is 3.60. The van der Waals surface area contributed by atoms with Crippen LogP contribution in [0.1, 0.15) is 5.56 Å². The van der Waals surface area contributed by atoms with E-state index in [4.69, 9.17) is 9.47 Å². The van der Waals surface area contributed by atoms with Crippen LogP contribution in [0.3, 0.4) is 0 Å². The van der Waals surface area contributed by atoms with Gasteiger partial charge in [0.25, 0.3) is 0 Å². The first-order valence-electron chi connectivity index (χ1n) is 9.54. The Kier molecular flexibility index (Phi) is 5.41. The molecule has 0 atom stereocenters. The van der Waals surface area contributed by atoms with Gasteiger partial charge in [0.05, 0.1) is 13.7 Å². The Morgan fingerprint density at radius 1 is 0.643 bits per heavy atom. The molecule has 0 spiro atoms. The molecule has 0 aliphatic heterocycles. The van der Waals surface area contributed by atoms with Gasteiger partial charge < -0.3 is 9.47 Å². The highest BCUT2D eigenvalue weighted by atomic mass is 16.5. The van der Waals surface area contributed by atoms with E-state index in [1.165, 1.54) is 38.6 Å². The van der Waals surface area contributed by atoms with Crippen LogP contribution in [0.25, 0.3) is 33.0 Å². The molecule has 2 heteroatoms. The highest BCUT2D eigenvalue weighted by Gasteiger charge is 2.09. The summed E-state index contributed by atoms with van der Waals surface area (Å²) >= 11 is 0. The van der Waals surface area contributed by atoms with Crippen molar-refractivity contribution in [3.8, 4) is 28.0 Å². The molecular weight excluding hydrogens is 344 g/mol. The van der Waals surface area contributed by atoms with Crippen LogP contribution in [0.5, 0.6) is 5.75 Å². The lowest BCUT2D eigenvalue weighted by atomic mass is 9.92. The Balaban J connectivity index is 1.78. The van der Waals surface area contributed by atoms with E-state index >= 15 is 0 Å². The molecule has 0 bridgehead atoms. The first kappa shape index (κ1) is 18.3. The summed E-state index contributed by atoms with van der Waals surface area (Å²) in [5.41, 5.74) is 6.25. The average molecular weight is 368 g/mol. The second-order valence-corrected chi connectivity index (χ2v) is 6.91. The fourth-order valence-corrected chi connectivity index (χ4v) is 3.60. The normalized spacial score (nSPS) is 10.9. The summed E-state index contributed by atoms with van der Waals surface area (Å²) in [4.78, 5) is 0. The van der Waals surface area contributed by atoms with Gasteiger partial charge in [-0.1, -0.05) is 60.7 Å². The minimum absolute atomic E-state index is 0.719. The molecule has 28 heavy (non-hydrogen) atoms. The molecule has 0 amide bonds. The lowest BCUT2D eigenvalue weighted by molar-refractivity contribution is 0.202. The molecule has 0 N–H and O–H groups in total. The molecule has 0 heterocycles. The Bertz CT molecular complexity index is 1080. The second kappa shape index (κ2) is 8.28. The van der Waals surface area contributed by atoms with Gasteiger partial charge in [0.2, 0.25) is 0 Å². The first-order chi connectivity index (χ1) is 13.8. The summed E-state index contributed by atoms with van der Waals surface area (Å²) in [6.45, 7) is 0.719. The SMILES string of the molecule is COCCc1ccc(-c2ccc3cc(OC)ccc3c2)cc1-c1ccccc1. The van der Waals surface area contributed by atoms with Crippen molar-refractivity contribution in [1.82, 2.24) is 0 Å². The minimum Gasteiger partial charge on any atom is -0.497 e. The van der Waals surface area contributed by atoms with E-state index in [0.29, 0.717) is 0 Å². The van der Waals surface area contributed by atoms with Gasteiger partial charge in [-0.25, -0.2) is 0 Å². The van der Waals surface area contributed by atoms with Crippen LogP contribution in [0, 0.1) is 0 Å². The average Bonchev–Trinajstić information content (AvgIpc) is 2.77. The molecule has 2 nitrogen and oxygen atoms in total. The minimum atomic E-state index is 0.719. The summed E-state index contributed by atoms with van der Waals surface area (Å²) in [5.74, 6) is 0.883. The Morgan fingerprint density at radius 2 is 1.36 bits per heavy atom. The molecule has 0 saturated carbocycles. The van der Waals surface area contributed by atoms with Crippen molar-refractivity contribution in [2.45, 2.75) is 6.42 Å². The molecule has 0 unspecified atom stereocenters. The highest BCUT2D eigenvalue weighted by Crippen LogP contribution is 2.32. The van der Waals surface area contributed by atoms with Gasteiger partial charge in [0.1, 0.15) is 5.75 Å². The predicted octanol–water partition coefficient (Wildman–Crippen LogP) is 6.37. The van der Waals surface area contributed by atoms with Crippen molar-refractivity contribution < 1.29 is 9.47 Å². The maximum Gasteiger partial charge on any atom is 0.119 e. The molecule has 4 aromatic carbocycles. The third-order valence-electron chi connectivity index (χ3n) is 5.15. The Hall–Kier alpha value is -3.10. The van der Waals surface area contributed by atoms with Crippen LogP contribution in [-0.2, 0) is 11.2 Å². The van der Waals surface area contributed by atoms with Crippen molar-refractivity contribution in [3.63, 3.8) is 0 Å². The van der Waals surface area contributed by atoms with Gasteiger partial charge in [-0.3, -0.25) is 0 Å².